The topological polar surface area (TPSA) is 155 Å². The second kappa shape index (κ2) is 49.6. The third-order valence-corrected chi connectivity index (χ3v) is 13.1. The number of aliphatic hydroxyl groups excluding tert-OH is 1. The molecule has 0 aromatic heterocycles. The first-order valence-corrected chi connectivity index (χ1v) is 29.1. The number of esters is 3. The largest absolute Gasteiger partial charge is 0.472 e. The number of carbonyl (C=O) groups is 3. The van der Waals surface area contributed by atoms with E-state index in [9.17, 15) is 28.9 Å². The molecule has 2 N–H and O–H groups in total. The fourth-order valence-electron chi connectivity index (χ4n) is 7.94. The number of unbranched alkanes of at least 4 members (excludes halogenated alkanes) is 33. The molecule has 0 fully saturated rings. The van der Waals surface area contributed by atoms with Gasteiger partial charge in [0, 0.05) is 19.3 Å². The van der Waals surface area contributed by atoms with Crippen LogP contribution in [0.15, 0.2) is 12.2 Å². The number of ether oxygens (including phenoxy) is 3. The van der Waals surface area contributed by atoms with Gasteiger partial charge in [0.25, 0.3) is 0 Å². The van der Waals surface area contributed by atoms with Crippen LogP contribution >= 0.6 is 7.82 Å². The van der Waals surface area contributed by atoms with E-state index in [0.29, 0.717) is 19.3 Å². The fraction of sp³-hybridized carbons (Fsp3) is 0.907. The number of carbonyl (C=O) groups excluding carboxylic acids is 3. The number of aliphatic hydroxyl groups is 1. The van der Waals surface area contributed by atoms with E-state index in [0.717, 1.165) is 77.0 Å². The second-order valence-electron chi connectivity index (χ2n) is 18.8. The predicted octanol–water partition coefficient (Wildman–Crippen LogP) is 15.7. The van der Waals surface area contributed by atoms with Crippen LogP contribution in [0.2, 0.25) is 0 Å². The Balaban J connectivity index is 4.67. The Bertz CT molecular complexity index is 1160. The Kier molecular flexibility index (Phi) is 48.3. The van der Waals surface area contributed by atoms with Crippen molar-refractivity contribution in [1.29, 1.82) is 0 Å². The van der Waals surface area contributed by atoms with Gasteiger partial charge < -0.3 is 24.2 Å². The van der Waals surface area contributed by atoms with E-state index >= 15 is 0 Å². The summed E-state index contributed by atoms with van der Waals surface area (Å²) in [6.45, 7) is 4.63. The smallest absolute Gasteiger partial charge is 0.462 e. The molecule has 0 radical (unpaired) electrons. The lowest BCUT2D eigenvalue weighted by atomic mass is 10.0. The van der Waals surface area contributed by atoms with Gasteiger partial charge in [-0.1, -0.05) is 226 Å². The highest BCUT2D eigenvalue weighted by molar-refractivity contribution is 7.47. The highest BCUT2D eigenvalue weighted by atomic mass is 31.2. The van der Waals surface area contributed by atoms with Crippen LogP contribution in [0.25, 0.3) is 0 Å². The summed E-state index contributed by atoms with van der Waals surface area (Å²) in [6, 6.07) is 0. The Hall–Kier alpha value is -1.78. The quantitative estimate of drug-likeness (QED) is 0.0197. The van der Waals surface area contributed by atoms with Gasteiger partial charge in [0.15, 0.2) is 6.10 Å². The zero-order valence-corrected chi connectivity index (χ0v) is 43.8. The van der Waals surface area contributed by atoms with Gasteiger partial charge >= 0.3 is 25.7 Å². The van der Waals surface area contributed by atoms with E-state index in [1.54, 1.807) is 0 Å². The van der Waals surface area contributed by atoms with Gasteiger partial charge in [-0.3, -0.25) is 23.4 Å². The van der Waals surface area contributed by atoms with Crippen molar-refractivity contribution in [3.05, 3.63) is 12.2 Å². The molecule has 12 heteroatoms. The van der Waals surface area contributed by atoms with Crippen LogP contribution in [0.3, 0.4) is 0 Å². The number of rotatable bonds is 52. The van der Waals surface area contributed by atoms with Gasteiger partial charge in [-0.05, 0) is 44.9 Å². The van der Waals surface area contributed by atoms with Crippen molar-refractivity contribution in [2.45, 2.75) is 290 Å². The molecule has 11 nitrogen and oxygen atoms in total. The zero-order chi connectivity index (χ0) is 48.4. The molecule has 66 heavy (non-hydrogen) atoms. The van der Waals surface area contributed by atoms with Crippen LogP contribution in [0, 0.1) is 0 Å². The maximum atomic E-state index is 12.8. The molecule has 0 rings (SSSR count). The van der Waals surface area contributed by atoms with Crippen molar-refractivity contribution in [2.24, 2.45) is 0 Å². The van der Waals surface area contributed by atoms with E-state index in [4.69, 9.17) is 23.3 Å². The van der Waals surface area contributed by atoms with Crippen LogP contribution in [-0.4, -0.2) is 66.5 Å². The van der Waals surface area contributed by atoms with E-state index in [1.165, 1.54) is 141 Å². The summed E-state index contributed by atoms with van der Waals surface area (Å²) in [5.41, 5.74) is 0. The fourth-order valence-corrected chi connectivity index (χ4v) is 8.72. The molecular formula is C54H103O11P. The molecule has 0 aliphatic heterocycles. The summed E-state index contributed by atoms with van der Waals surface area (Å²) < 4.78 is 39.4. The van der Waals surface area contributed by atoms with E-state index in [-0.39, 0.29) is 25.9 Å². The highest BCUT2D eigenvalue weighted by Crippen LogP contribution is 2.43. The molecule has 0 amide bonds. The minimum atomic E-state index is -4.73. The number of phosphoric ester groups is 1. The van der Waals surface area contributed by atoms with Gasteiger partial charge in [-0.15, -0.1) is 0 Å². The maximum absolute atomic E-state index is 12.8. The predicted molar refractivity (Wildman–Crippen MR) is 270 cm³/mol. The van der Waals surface area contributed by atoms with Crippen LogP contribution < -0.4 is 0 Å². The Morgan fingerprint density at radius 3 is 1.06 bits per heavy atom. The van der Waals surface area contributed by atoms with Gasteiger partial charge in [-0.2, -0.15) is 0 Å². The molecule has 3 atom stereocenters. The molecule has 0 saturated heterocycles. The minimum Gasteiger partial charge on any atom is -0.462 e. The zero-order valence-electron chi connectivity index (χ0n) is 42.9. The summed E-state index contributed by atoms with van der Waals surface area (Å²) in [5, 5.41) is 9.75. The average Bonchev–Trinajstić information content (AvgIpc) is 3.30. The lowest BCUT2D eigenvalue weighted by Crippen LogP contribution is -2.30. The maximum Gasteiger partial charge on any atom is 0.472 e. The average molecular weight is 959 g/mol. The number of allylic oxidation sites excluding steroid dienone is 2. The summed E-state index contributed by atoms with van der Waals surface area (Å²) in [4.78, 5) is 48.3. The van der Waals surface area contributed by atoms with Crippen molar-refractivity contribution in [3.8, 4) is 0 Å². The molecular weight excluding hydrogens is 856 g/mol. The van der Waals surface area contributed by atoms with Gasteiger partial charge in [0.05, 0.1) is 19.8 Å². The number of hydrogen-bond acceptors (Lipinski definition) is 10. The molecule has 0 aliphatic carbocycles. The standard InChI is InChI=1S/C54H103O11P/c1-4-7-10-13-16-19-21-23-24-25-26-28-29-32-34-37-40-43-52(56)61-47-51(65-54(58)45-42-39-36-33-30-27-22-20-17-14-11-8-5-2)49-63-66(59,60)62-48-50(46-55)64-53(57)44-41-38-35-31-18-15-12-9-6-3/h20,22,50-51,55H,4-19,21,23-49H2,1-3H3,(H,59,60)/b22-20-. The Labute approximate surface area is 405 Å². The summed E-state index contributed by atoms with van der Waals surface area (Å²) in [6.07, 6.45) is 46.1. The van der Waals surface area contributed by atoms with Crippen LogP contribution in [0.5, 0.6) is 0 Å². The van der Waals surface area contributed by atoms with Gasteiger partial charge in [0.2, 0.25) is 0 Å². The first-order valence-electron chi connectivity index (χ1n) is 27.6. The van der Waals surface area contributed by atoms with E-state index < -0.39 is 57.8 Å². The normalized spacial score (nSPS) is 13.5. The first kappa shape index (κ1) is 64.2. The number of phosphoric acid groups is 1. The summed E-state index contributed by atoms with van der Waals surface area (Å²) in [5.74, 6) is -1.45. The SMILES string of the molecule is CCCCCC/C=C\CCCCCCCC(=O)OC(COC(=O)CCCCCCCCCCCCCCCCCCC)COP(=O)(O)OCC(CO)OC(=O)CCCCCCCCCCC. The molecule has 3 unspecified atom stereocenters. The Morgan fingerprint density at radius 2 is 0.697 bits per heavy atom. The molecule has 0 bridgehead atoms. The lowest BCUT2D eigenvalue weighted by molar-refractivity contribution is -0.161. The molecule has 0 heterocycles. The molecule has 0 spiro atoms. The van der Waals surface area contributed by atoms with Crippen molar-refractivity contribution in [2.75, 3.05) is 26.4 Å². The van der Waals surface area contributed by atoms with Crippen LogP contribution in [0.4, 0.5) is 0 Å². The van der Waals surface area contributed by atoms with Crippen molar-refractivity contribution < 1.29 is 52.2 Å². The van der Waals surface area contributed by atoms with Crippen molar-refractivity contribution in [3.63, 3.8) is 0 Å². The lowest BCUT2D eigenvalue weighted by Gasteiger charge is -2.21. The van der Waals surface area contributed by atoms with Crippen molar-refractivity contribution in [1.82, 2.24) is 0 Å². The first-order chi connectivity index (χ1) is 32.2. The molecule has 0 aliphatic rings. The third kappa shape index (κ3) is 47.3. The number of hydrogen-bond donors (Lipinski definition) is 2. The molecule has 0 saturated carbocycles. The van der Waals surface area contributed by atoms with Gasteiger partial charge in [-0.25, -0.2) is 4.57 Å². The third-order valence-electron chi connectivity index (χ3n) is 12.2. The Morgan fingerprint density at radius 1 is 0.409 bits per heavy atom. The van der Waals surface area contributed by atoms with Crippen LogP contribution in [0.1, 0.15) is 278 Å². The van der Waals surface area contributed by atoms with E-state index in [2.05, 4.69) is 32.9 Å². The summed E-state index contributed by atoms with van der Waals surface area (Å²) >= 11 is 0. The van der Waals surface area contributed by atoms with Crippen LogP contribution in [-0.2, 0) is 42.2 Å². The molecule has 390 valence electrons. The van der Waals surface area contributed by atoms with Gasteiger partial charge in [0.1, 0.15) is 12.7 Å². The van der Waals surface area contributed by atoms with Crippen molar-refractivity contribution >= 4 is 25.7 Å². The minimum absolute atomic E-state index is 0.164. The monoisotopic (exact) mass is 959 g/mol. The molecule has 0 aromatic rings. The summed E-state index contributed by atoms with van der Waals surface area (Å²) in [7, 11) is -4.73. The second-order valence-corrected chi connectivity index (χ2v) is 20.2. The van der Waals surface area contributed by atoms with E-state index in [1.807, 2.05) is 0 Å². The highest BCUT2D eigenvalue weighted by Gasteiger charge is 2.28. The molecule has 0 aromatic carbocycles.